The molecule has 1 aromatic carbocycles. The second-order valence-corrected chi connectivity index (χ2v) is 5.42. The van der Waals surface area contributed by atoms with Gasteiger partial charge in [0, 0.05) is 31.1 Å². The molecule has 3 heteroatoms. The van der Waals surface area contributed by atoms with Crippen molar-refractivity contribution in [1.82, 2.24) is 9.88 Å². The number of benzene rings is 1. The lowest BCUT2D eigenvalue weighted by atomic mass is 10.0. The molecule has 1 saturated heterocycles. The Balaban J connectivity index is 1.78. The van der Waals surface area contributed by atoms with Gasteiger partial charge in [-0.1, -0.05) is 36.4 Å². The van der Waals surface area contributed by atoms with Crippen LogP contribution >= 0.6 is 0 Å². The molecule has 1 fully saturated rings. The van der Waals surface area contributed by atoms with E-state index < -0.39 is 0 Å². The molecule has 2 heterocycles. The van der Waals surface area contributed by atoms with E-state index in [1.54, 1.807) is 12.4 Å². The van der Waals surface area contributed by atoms with E-state index >= 15 is 0 Å². The molecule has 2 aromatic rings. The van der Waals surface area contributed by atoms with Gasteiger partial charge in [0.1, 0.15) is 0 Å². The third kappa shape index (κ3) is 3.02. The van der Waals surface area contributed by atoms with E-state index in [4.69, 9.17) is 0 Å². The van der Waals surface area contributed by atoms with Crippen molar-refractivity contribution in [2.24, 2.45) is 0 Å². The van der Waals surface area contributed by atoms with Crippen LogP contribution in [0.1, 0.15) is 17.5 Å². The van der Waals surface area contributed by atoms with Gasteiger partial charge in [-0.25, -0.2) is 0 Å². The summed E-state index contributed by atoms with van der Waals surface area (Å²) in [6.45, 7) is 0. The number of nitrogens with zero attached hydrogens (tertiary/aromatic N) is 2. The number of hydrogen-bond acceptors (Lipinski definition) is 2. The monoisotopic (exact) mass is 278 g/mol. The van der Waals surface area contributed by atoms with Crippen LogP contribution in [0.25, 0.3) is 6.08 Å². The van der Waals surface area contributed by atoms with Gasteiger partial charge in [0.2, 0.25) is 5.91 Å². The first-order chi connectivity index (χ1) is 10.2. The standard InChI is InChI=1S/C18H18N2O/c1-20-17(11-14-6-3-2-4-7-14)12-16(18(20)21)10-15-8-5-9-19-13-15/h2-10,13,17H,11-12H2,1H3/b16-10+/t17-/m0/s1. The number of carbonyl (C=O) groups is 1. The third-order valence-electron chi connectivity index (χ3n) is 3.94. The summed E-state index contributed by atoms with van der Waals surface area (Å²) in [5, 5.41) is 0. The molecule has 0 bridgehead atoms. The minimum absolute atomic E-state index is 0.125. The minimum atomic E-state index is 0.125. The molecule has 0 saturated carbocycles. The molecule has 0 aliphatic carbocycles. The molecular formula is C18H18N2O. The maximum absolute atomic E-state index is 12.3. The number of rotatable bonds is 3. The predicted molar refractivity (Wildman–Crippen MR) is 83.5 cm³/mol. The summed E-state index contributed by atoms with van der Waals surface area (Å²) in [4.78, 5) is 18.3. The summed E-state index contributed by atoms with van der Waals surface area (Å²) in [6.07, 6.45) is 7.16. The number of hydrogen-bond donors (Lipinski definition) is 0. The highest BCUT2D eigenvalue weighted by Gasteiger charge is 2.32. The lowest BCUT2D eigenvalue weighted by molar-refractivity contribution is -0.124. The number of likely N-dealkylation sites (N-methyl/N-ethyl adjacent to an activating group) is 1. The van der Waals surface area contributed by atoms with Crippen LogP contribution in [0.4, 0.5) is 0 Å². The molecule has 106 valence electrons. The Morgan fingerprint density at radius 1 is 1.24 bits per heavy atom. The van der Waals surface area contributed by atoms with Crippen molar-refractivity contribution >= 4 is 12.0 Å². The molecule has 1 amide bonds. The molecule has 1 aliphatic heterocycles. The molecule has 1 aliphatic rings. The largest absolute Gasteiger partial charge is 0.338 e. The zero-order chi connectivity index (χ0) is 14.7. The van der Waals surface area contributed by atoms with E-state index in [1.807, 2.05) is 48.4 Å². The molecule has 0 N–H and O–H groups in total. The van der Waals surface area contributed by atoms with Gasteiger partial charge in [-0.05, 0) is 36.1 Å². The van der Waals surface area contributed by atoms with Crippen molar-refractivity contribution in [3.05, 3.63) is 71.6 Å². The average Bonchev–Trinajstić information content (AvgIpc) is 2.78. The molecule has 1 atom stereocenters. The summed E-state index contributed by atoms with van der Waals surface area (Å²) in [5.41, 5.74) is 3.12. The van der Waals surface area contributed by atoms with E-state index in [2.05, 4.69) is 17.1 Å². The van der Waals surface area contributed by atoms with E-state index in [1.165, 1.54) is 5.56 Å². The van der Waals surface area contributed by atoms with Crippen molar-refractivity contribution in [2.75, 3.05) is 7.05 Å². The van der Waals surface area contributed by atoms with Gasteiger partial charge in [0.05, 0.1) is 0 Å². The normalized spacial score (nSPS) is 20.2. The maximum Gasteiger partial charge on any atom is 0.249 e. The first-order valence-electron chi connectivity index (χ1n) is 7.16. The second kappa shape index (κ2) is 5.92. The topological polar surface area (TPSA) is 33.2 Å². The number of likely N-dealkylation sites (tertiary alicyclic amines) is 1. The van der Waals surface area contributed by atoms with Gasteiger partial charge < -0.3 is 4.90 Å². The quantitative estimate of drug-likeness (QED) is 0.809. The zero-order valence-corrected chi connectivity index (χ0v) is 12.1. The predicted octanol–water partition coefficient (Wildman–Crippen LogP) is 2.94. The van der Waals surface area contributed by atoms with Crippen molar-refractivity contribution < 1.29 is 4.79 Å². The van der Waals surface area contributed by atoms with Gasteiger partial charge in [0.15, 0.2) is 0 Å². The van der Waals surface area contributed by atoms with E-state index in [0.717, 1.165) is 24.0 Å². The number of amides is 1. The van der Waals surface area contributed by atoms with Crippen LogP contribution in [0.2, 0.25) is 0 Å². The zero-order valence-electron chi connectivity index (χ0n) is 12.1. The number of pyridine rings is 1. The molecule has 0 spiro atoms. The lowest BCUT2D eigenvalue weighted by Crippen LogP contribution is -2.30. The molecule has 3 nitrogen and oxygen atoms in total. The van der Waals surface area contributed by atoms with Crippen LogP contribution in [0.3, 0.4) is 0 Å². The number of aromatic nitrogens is 1. The molecule has 1 aromatic heterocycles. The van der Waals surface area contributed by atoms with E-state index in [0.29, 0.717) is 0 Å². The van der Waals surface area contributed by atoms with Crippen molar-refractivity contribution in [3.8, 4) is 0 Å². The smallest absolute Gasteiger partial charge is 0.249 e. The Morgan fingerprint density at radius 3 is 2.76 bits per heavy atom. The van der Waals surface area contributed by atoms with Crippen molar-refractivity contribution in [3.63, 3.8) is 0 Å². The Bertz CT molecular complexity index is 649. The van der Waals surface area contributed by atoms with E-state index in [9.17, 15) is 4.79 Å². The first-order valence-corrected chi connectivity index (χ1v) is 7.16. The van der Waals surface area contributed by atoms with Gasteiger partial charge in [-0.2, -0.15) is 0 Å². The maximum atomic E-state index is 12.3. The molecule has 21 heavy (non-hydrogen) atoms. The third-order valence-corrected chi connectivity index (χ3v) is 3.94. The fraction of sp³-hybridized carbons (Fsp3) is 0.222. The first kappa shape index (κ1) is 13.6. The van der Waals surface area contributed by atoms with Gasteiger partial charge in [0.25, 0.3) is 0 Å². The lowest BCUT2D eigenvalue weighted by Gasteiger charge is -2.19. The van der Waals surface area contributed by atoms with Gasteiger partial charge >= 0.3 is 0 Å². The average molecular weight is 278 g/mol. The molecular weight excluding hydrogens is 260 g/mol. The van der Waals surface area contributed by atoms with Crippen LogP contribution in [-0.2, 0) is 11.2 Å². The molecule has 0 unspecified atom stereocenters. The van der Waals surface area contributed by atoms with Crippen molar-refractivity contribution in [2.45, 2.75) is 18.9 Å². The fourth-order valence-corrected chi connectivity index (χ4v) is 2.75. The van der Waals surface area contributed by atoms with Crippen LogP contribution in [0.5, 0.6) is 0 Å². The highest BCUT2D eigenvalue weighted by molar-refractivity contribution is 6.00. The summed E-state index contributed by atoms with van der Waals surface area (Å²) in [6, 6.07) is 14.4. The highest BCUT2D eigenvalue weighted by atomic mass is 16.2. The molecule has 3 rings (SSSR count). The number of carbonyl (C=O) groups excluding carboxylic acids is 1. The summed E-state index contributed by atoms with van der Waals surface area (Å²) < 4.78 is 0. The summed E-state index contributed by atoms with van der Waals surface area (Å²) in [7, 11) is 1.89. The Kier molecular flexibility index (Phi) is 3.82. The van der Waals surface area contributed by atoms with E-state index in [-0.39, 0.29) is 11.9 Å². The second-order valence-electron chi connectivity index (χ2n) is 5.42. The minimum Gasteiger partial charge on any atom is -0.338 e. The van der Waals surface area contributed by atoms with Crippen LogP contribution in [0.15, 0.2) is 60.4 Å². The Morgan fingerprint density at radius 2 is 2.05 bits per heavy atom. The highest BCUT2D eigenvalue weighted by Crippen LogP contribution is 2.26. The van der Waals surface area contributed by atoms with Gasteiger partial charge in [-0.3, -0.25) is 9.78 Å². The molecule has 0 radical (unpaired) electrons. The van der Waals surface area contributed by atoms with Crippen LogP contribution in [-0.4, -0.2) is 28.9 Å². The summed E-state index contributed by atoms with van der Waals surface area (Å²) >= 11 is 0. The van der Waals surface area contributed by atoms with Crippen LogP contribution < -0.4 is 0 Å². The SMILES string of the molecule is CN1C(=O)/C(=C/c2cccnc2)C[C@@H]1Cc1ccccc1. The van der Waals surface area contributed by atoms with Crippen molar-refractivity contribution in [1.29, 1.82) is 0 Å². The summed E-state index contributed by atoms with van der Waals surface area (Å²) in [5.74, 6) is 0.125. The Hall–Kier alpha value is -2.42. The Labute approximate surface area is 124 Å². The fourth-order valence-electron chi connectivity index (χ4n) is 2.75. The van der Waals surface area contributed by atoms with Crippen LogP contribution in [0, 0.1) is 0 Å². The van der Waals surface area contributed by atoms with Gasteiger partial charge in [-0.15, -0.1) is 0 Å².